The van der Waals surface area contributed by atoms with Crippen LogP contribution in [0.25, 0.3) is 0 Å². The summed E-state index contributed by atoms with van der Waals surface area (Å²) in [6, 6.07) is 9.55. The topological polar surface area (TPSA) is 71.1 Å². The molecule has 1 atom stereocenters. The van der Waals surface area contributed by atoms with Crippen molar-refractivity contribution in [1.29, 1.82) is 0 Å². The molecule has 1 fully saturated rings. The molecule has 1 N–H and O–H groups in total. The van der Waals surface area contributed by atoms with E-state index in [9.17, 15) is 4.79 Å². The summed E-state index contributed by atoms with van der Waals surface area (Å²) in [5.74, 6) is 1.79. The molecule has 1 aromatic carbocycles. The number of nitrogens with one attached hydrogen (secondary N) is 1. The van der Waals surface area contributed by atoms with Crippen molar-refractivity contribution < 1.29 is 9.53 Å². The lowest BCUT2D eigenvalue weighted by Gasteiger charge is -2.39. The molecule has 0 unspecified atom stereocenters. The molecule has 1 amide bonds. The lowest BCUT2D eigenvalue weighted by molar-refractivity contribution is -0.147. The van der Waals surface area contributed by atoms with Crippen LogP contribution in [-0.4, -0.2) is 46.2 Å². The Morgan fingerprint density at radius 2 is 2.10 bits per heavy atom. The number of carbonyl (C=O) groups is 1. The molecule has 1 aliphatic rings. The first kappa shape index (κ1) is 13.8. The summed E-state index contributed by atoms with van der Waals surface area (Å²) in [5.41, 5.74) is 0.877. The predicted molar refractivity (Wildman–Crippen MR) is 76.6 cm³/mol. The Balaban J connectivity index is 1.64. The maximum atomic E-state index is 12.5. The Hall–Kier alpha value is -2.21. The van der Waals surface area contributed by atoms with Gasteiger partial charge >= 0.3 is 0 Å². The van der Waals surface area contributed by atoms with E-state index in [1.165, 1.54) is 0 Å². The van der Waals surface area contributed by atoms with Gasteiger partial charge in [-0.05, 0) is 12.5 Å². The fourth-order valence-electron chi connectivity index (χ4n) is 2.54. The van der Waals surface area contributed by atoms with Crippen LogP contribution in [-0.2, 0) is 9.53 Å². The summed E-state index contributed by atoms with van der Waals surface area (Å²) in [4.78, 5) is 18.6. The zero-order chi connectivity index (χ0) is 14.8. The van der Waals surface area contributed by atoms with E-state index in [0.717, 1.165) is 17.2 Å². The minimum absolute atomic E-state index is 0.00722. The van der Waals surface area contributed by atoms with E-state index < -0.39 is 6.10 Å². The second-order valence-electron chi connectivity index (χ2n) is 5.25. The molecule has 0 aliphatic carbocycles. The van der Waals surface area contributed by atoms with E-state index in [-0.39, 0.29) is 11.8 Å². The molecule has 1 aromatic heterocycles. The lowest BCUT2D eigenvalue weighted by Crippen LogP contribution is -2.50. The van der Waals surface area contributed by atoms with Crippen molar-refractivity contribution in [2.24, 2.45) is 0 Å². The van der Waals surface area contributed by atoms with Crippen molar-refractivity contribution in [1.82, 2.24) is 20.1 Å². The summed E-state index contributed by atoms with van der Waals surface area (Å²) in [6.45, 7) is 3.15. The number of carbonyl (C=O) groups excluding carboxylic acids is 1. The normalized spacial score (nSPS) is 16.6. The highest BCUT2D eigenvalue weighted by Gasteiger charge is 2.37. The van der Waals surface area contributed by atoms with Crippen LogP contribution in [0.15, 0.2) is 30.3 Å². The SMILES string of the molecule is CO[C@@H](C(=O)N1CC(c2n[nH]c(C)n2)C1)c1ccccc1. The van der Waals surface area contributed by atoms with Gasteiger partial charge in [0.25, 0.3) is 5.91 Å². The number of hydrogen-bond donors (Lipinski definition) is 1. The van der Waals surface area contributed by atoms with Crippen molar-refractivity contribution in [3.05, 3.63) is 47.5 Å². The highest BCUT2D eigenvalue weighted by molar-refractivity contribution is 5.83. The number of benzene rings is 1. The molecule has 6 heteroatoms. The van der Waals surface area contributed by atoms with Gasteiger partial charge in [0.05, 0.1) is 5.92 Å². The van der Waals surface area contributed by atoms with E-state index >= 15 is 0 Å². The summed E-state index contributed by atoms with van der Waals surface area (Å²) in [5, 5.41) is 6.98. The van der Waals surface area contributed by atoms with Crippen LogP contribution < -0.4 is 0 Å². The minimum atomic E-state index is -0.541. The van der Waals surface area contributed by atoms with Crippen LogP contribution in [0.1, 0.15) is 29.2 Å². The van der Waals surface area contributed by atoms with Crippen molar-refractivity contribution in [2.75, 3.05) is 20.2 Å². The Kier molecular flexibility index (Phi) is 3.70. The maximum absolute atomic E-state index is 12.5. The van der Waals surface area contributed by atoms with Crippen LogP contribution in [0, 0.1) is 6.92 Å². The van der Waals surface area contributed by atoms with Gasteiger partial charge in [-0.25, -0.2) is 4.98 Å². The van der Waals surface area contributed by atoms with E-state index in [1.54, 1.807) is 12.0 Å². The van der Waals surface area contributed by atoms with Gasteiger partial charge in [0.2, 0.25) is 0 Å². The van der Waals surface area contributed by atoms with Gasteiger partial charge in [-0.15, -0.1) is 0 Å². The second-order valence-corrected chi connectivity index (χ2v) is 5.25. The molecule has 1 aliphatic heterocycles. The first-order valence-corrected chi connectivity index (χ1v) is 6.94. The lowest BCUT2D eigenvalue weighted by atomic mass is 9.97. The summed E-state index contributed by atoms with van der Waals surface area (Å²) >= 11 is 0. The molecule has 0 radical (unpaired) electrons. The standard InChI is InChI=1S/C15H18N4O2/c1-10-16-14(18-17-10)12-8-19(9-12)15(20)13(21-2)11-6-4-3-5-7-11/h3-7,12-13H,8-9H2,1-2H3,(H,16,17,18)/t13-/m1/s1. The molecule has 0 spiro atoms. The zero-order valence-electron chi connectivity index (χ0n) is 12.1. The number of aromatic amines is 1. The third-order valence-corrected chi connectivity index (χ3v) is 3.74. The van der Waals surface area contributed by atoms with Crippen molar-refractivity contribution in [3.8, 4) is 0 Å². The van der Waals surface area contributed by atoms with E-state index in [2.05, 4.69) is 15.2 Å². The predicted octanol–water partition coefficient (Wildman–Crippen LogP) is 1.43. The highest BCUT2D eigenvalue weighted by atomic mass is 16.5. The summed E-state index contributed by atoms with van der Waals surface area (Å²) in [6.07, 6.45) is -0.541. The molecular weight excluding hydrogens is 268 g/mol. The van der Waals surface area contributed by atoms with Crippen molar-refractivity contribution >= 4 is 5.91 Å². The van der Waals surface area contributed by atoms with Crippen LogP contribution >= 0.6 is 0 Å². The molecule has 21 heavy (non-hydrogen) atoms. The quantitative estimate of drug-likeness (QED) is 0.923. The van der Waals surface area contributed by atoms with Crippen LogP contribution in [0.3, 0.4) is 0 Å². The number of likely N-dealkylation sites (tertiary alicyclic amines) is 1. The minimum Gasteiger partial charge on any atom is -0.367 e. The van der Waals surface area contributed by atoms with Crippen molar-refractivity contribution in [2.45, 2.75) is 18.9 Å². The van der Waals surface area contributed by atoms with Gasteiger partial charge in [-0.1, -0.05) is 30.3 Å². The van der Waals surface area contributed by atoms with Crippen LogP contribution in [0.2, 0.25) is 0 Å². The summed E-state index contributed by atoms with van der Waals surface area (Å²) in [7, 11) is 1.56. The first-order valence-electron chi connectivity index (χ1n) is 6.94. The fraction of sp³-hybridized carbons (Fsp3) is 0.400. The van der Waals surface area contributed by atoms with E-state index in [0.29, 0.717) is 13.1 Å². The van der Waals surface area contributed by atoms with E-state index in [4.69, 9.17) is 4.74 Å². The van der Waals surface area contributed by atoms with Crippen molar-refractivity contribution in [3.63, 3.8) is 0 Å². The van der Waals surface area contributed by atoms with Gasteiger partial charge < -0.3 is 9.64 Å². The molecule has 3 rings (SSSR count). The average molecular weight is 286 g/mol. The number of amides is 1. The average Bonchev–Trinajstić information content (AvgIpc) is 2.85. The number of rotatable bonds is 4. The maximum Gasteiger partial charge on any atom is 0.256 e. The number of hydrogen-bond acceptors (Lipinski definition) is 4. The number of H-pyrrole nitrogens is 1. The largest absolute Gasteiger partial charge is 0.367 e. The molecule has 0 bridgehead atoms. The molecule has 110 valence electrons. The Morgan fingerprint density at radius 3 is 2.67 bits per heavy atom. The monoisotopic (exact) mass is 286 g/mol. The smallest absolute Gasteiger partial charge is 0.256 e. The Bertz CT molecular complexity index is 620. The first-order chi connectivity index (χ1) is 10.2. The van der Waals surface area contributed by atoms with Gasteiger partial charge in [-0.2, -0.15) is 5.10 Å². The van der Waals surface area contributed by atoms with Gasteiger partial charge in [0.1, 0.15) is 5.82 Å². The zero-order valence-corrected chi connectivity index (χ0v) is 12.1. The number of methoxy groups -OCH3 is 1. The molecule has 2 aromatic rings. The third-order valence-electron chi connectivity index (χ3n) is 3.74. The highest BCUT2D eigenvalue weighted by Crippen LogP contribution is 2.28. The fourth-order valence-corrected chi connectivity index (χ4v) is 2.54. The van der Waals surface area contributed by atoms with Gasteiger partial charge in [-0.3, -0.25) is 9.89 Å². The molecule has 1 saturated heterocycles. The molecule has 0 saturated carbocycles. The number of aryl methyl sites for hydroxylation is 1. The Morgan fingerprint density at radius 1 is 1.38 bits per heavy atom. The van der Waals surface area contributed by atoms with Crippen LogP contribution in [0.4, 0.5) is 0 Å². The number of ether oxygens (including phenoxy) is 1. The Labute approximate surface area is 123 Å². The third kappa shape index (κ3) is 2.67. The molecular formula is C15H18N4O2. The molecule has 2 heterocycles. The number of nitrogens with zero attached hydrogens (tertiary/aromatic N) is 3. The van der Waals surface area contributed by atoms with Gasteiger partial charge in [0, 0.05) is 20.2 Å². The molecule has 6 nitrogen and oxygen atoms in total. The van der Waals surface area contributed by atoms with Gasteiger partial charge in [0.15, 0.2) is 11.9 Å². The summed E-state index contributed by atoms with van der Waals surface area (Å²) < 4.78 is 5.37. The van der Waals surface area contributed by atoms with E-state index in [1.807, 2.05) is 37.3 Å². The second kappa shape index (κ2) is 5.65. The number of aromatic nitrogens is 3. The van der Waals surface area contributed by atoms with Crippen LogP contribution in [0.5, 0.6) is 0 Å².